The first-order chi connectivity index (χ1) is 15.2. The van der Waals surface area contributed by atoms with E-state index in [1.165, 1.54) is 0 Å². The van der Waals surface area contributed by atoms with Crippen molar-refractivity contribution in [2.45, 2.75) is 45.8 Å². The van der Waals surface area contributed by atoms with Gasteiger partial charge in [0, 0.05) is 31.0 Å². The molecule has 1 aliphatic heterocycles. The Bertz CT molecular complexity index is 1070. The first-order valence-electron chi connectivity index (χ1n) is 10.8. The maximum Gasteiger partial charge on any atom is 0.191 e. The molecule has 0 amide bonds. The highest BCUT2D eigenvalue weighted by Gasteiger charge is 2.54. The third-order valence-corrected chi connectivity index (χ3v) is 6.33. The molecular formula is C25H29N5O2. The van der Waals surface area contributed by atoms with Gasteiger partial charge in [-0.1, -0.05) is 12.1 Å². The largest absolute Gasteiger partial charge is 0.493 e. The first-order valence-corrected chi connectivity index (χ1v) is 10.8. The van der Waals surface area contributed by atoms with E-state index in [1.54, 1.807) is 13.2 Å². The summed E-state index contributed by atoms with van der Waals surface area (Å²) in [5, 5.41) is 30.3. The lowest BCUT2D eigenvalue weighted by atomic mass is 9.58. The molecule has 32 heavy (non-hydrogen) atoms. The Morgan fingerprint density at radius 1 is 1.12 bits per heavy atom. The van der Waals surface area contributed by atoms with Gasteiger partial charge in [0.25, 0.3) is 0 Å². The van der Waals surface area contributed by atoms with Crippen LogP contribution >= 0.6 is 0 Å². The molecule has 1 aliphatic carbocycles. The van der Waals surface area contributed by atoms with Crippen LogP contribution in [0.2, 0.25) is 0 Å². The third kappa shape index (κ3) is 3.68. The number of nitrogens with two attached hydrogens (primary N) is 1. The third-order valence-electron chi connectivity index (χ3n) is 6.33. The van der Waals surface area contributed by atoms with Gasteiger partial charge in [-0.2, -0.15) is 15.8 Å². The van der Waals surface area contributed by atoms with Crippen molar-refractivity contribution in [2.75, 3.05) is 20.2 Å². The van der Waals surface area contributed by atoms with Gasteiger partial charge >= 0.3 is 0 Å². The van der Waals surface area contributed by atoms with Crippen molar-refractivity contribution in [3.05, 3.63) is 46.7 Å². The summed E-state index contributed by atoms with van der Waals surface area (Å²) in [6.07, 6.45) is 1.98. The van der Waals surface area contributed by atoms with Gasteiger partial charge in [-0.25, -0.2) is 0 Å². The van der Waals surface area contributed by atoms with E-state index in [4.69, 9.17) is 15.2 Å². The summed E-state index contributed by atoms with van der Waals surface area (Å²) in [4.78, 5) is 2.27. The molecule has 2 aliphatic rings. The van der Waals surface area contributed by atoms with Crippen LogP contribution in [0.3, 0.4) is 0 Å². The van der Waals surface area contributed by atoms with Crippen molar-refractivity contribution < 1.29 is 9.47 Å². The van der Waals surface area contributed by atoms with Crippen molar-refractivity contribution in [1.82, 2.24) is 4.90 Å². The van der Waals surface area contributed by atoms with Crippen LogP contribution in [0.4, 0.5) is 0 Å². The van der Waals surface area contributed by atoms with Gasteiger partial charge < -0.3 is 15.2 Å². The first kappa shape index (κ1) is 23.2. The molecule has 7 heteroatoms. The Morgan fingerprint density at radius 2 is 1.81 bits per heavy atom. The Kier molecular flexibility index (Phi) is 6.49. The summed E-state index contributed by atoms with van der Waals surface area (Å²) < 4.78 is 11.4. The van der Waals surface area contributed by atoms with E-state index in [0.29, 0.717) is 24.6 Å². The minimum atomic E-state index is -1.67. The monoisotopic (exact) mass is 431 g/mol. The Morgan fingerprint density at radius 3 is 2.34 bits per heavy atom. The number of hydrogen-bond donors (Lipinski definition) is 1. The van der Waals surface area contributed by atoms with E-state index in [0.717, 1.165) is 11.1 Å². The zero-order valence-electron chi connectivity index (χ0n) is 19.2. The van der Waals surface area contributed by atoms with E-state index >= 15 is 0 Å². The van der Waals surface area contributed by atoms with E-state index in [-0.39, 0.29) is 29.3 Å². The second kappa shape index (κ2) is 8.95. The molecule has 2 N–H and O–H groups in total. The Balaban J connectivity index is 2.26. The quantitative estimate of drug-likeness (QED) is 0.756. The van der Waals surface area contributed by atoms with Gasteiger partial charge in [-0.15, -0.1) is 0 Å². The minimum Gasteiger partial charge on any atom is -0.493 e. The van der Waals surface area contributed by atoms with Crippen LogP contribution in [0.15, 0.2) is 41.1 Å². The molecule has 0 spiro atoms. The van der Waals surface area contributed by atoms with Gasteiger partial charge in [-0.3, -0.25) is 4.90 Å². The van der Waals surface area contributed by atoms with E-state index in [1.807, 2.05) is 32.1 Å². The topological polar surface area (TPSA) is 119 Å². The van der Waals surface area contributed by atoms with Crippen LogP contribution in [0.1, 0.15) is 39.2 Å². The number of benzene rings is 1. The van der Waals surface area contributed by atoms with Crippen molar-refractivity contribution in [1.29, 1.82) is 15.8 Å². The fourth-order valence-corrected chi connectivity index (χ4v) is 4.73. The van der Waals surface area contributed by atoms with Gasteiger partial charge in [0.15, 0.2) is 16.9 Å². The van der Waals surface area contributed by atoms with Crippen molar-refractivity contribution >= 4 is 0 Å². The number of nitrogens with zero attached hydrogens (tertiary/aromatic N) is 4. The molecular weight excluding hydrogens is 402 g/mol. The van der Waals surface area contributed by atoms with Crippen LogP contribution in [0, 0.1) is 45.3 Å². The second-order valence-corrected chi connectivity index (χ2v) is 8.80. The lowest BCUT2D eigenvalue weighted by Crippen LogP contribution is -2.49. The average Bonchev–Trinajstić information content (AvgIpc) is 2.78. The number of fused-ring (bicyclic) bond motifs is 1. The molecule has 7 nitrogen and oxygen atoms in total. The number of rotatable bonds is 5. The summed E-state index contributed by atoms with van der Waals surface area (Å²) in [5.41, 5.74) is 6.56. The normalized spacial score (nSPS) is 22.4. The van der Waals surface area contributed by atoms with Gasteiger partial charge in [0.05, 0.1) is 36.6 Å². The number of hydrogen-bond acceptors (Lipinski definition) is 7. The summed E-state index contributed by atoms with van der Waals surface area (Å²) in [7, 11) is 1.56. The van der Waals surface area contributed by atoms with Crippen LogP contribution in [0.25, 0.3) is 0 Å². The number of nitriles is 3. The highest BCUT2D eigenvalue weighted by Crippen LogP contribution is 2.55. The van der Waals surface area contributed by atoms with Crippen molar-refractivity contribution in [3.63, 3.8) is 0 Å². The maximum atomic E-state index is 10.2. The fourth-order valence-electron chi connectivity index (χ4n) is 4.73. The lowest BCUT2D eigenvalue weighted by Gasteiger charge is -2.46. The maximum absolute atomic E-state index is 10.2. The number of methoxy groups -OCH3 is 1. The van der Waals surface area contributed by atoms with Crippen LogP contribution in [-0.4, -0.2) is 37.2 Å². The molecule has 2 atom stereocenters. The molecule has 166 valence electrons. The summed E-state index contributed by atoms with van der Waals surface area (Å²) >= 11 is 0. The molecule has 0 fully saturated rings. The number of allylic oxidation sites excluding steroid dienone is 2. The van der Waals surface area contributed by atoms with E-state index < -0.39 is 11.3 Å². The SMILES string of the molecule is COc1cc(C2C3CN(C(C)C)CC=C3C(C#N)=C(N)C2(C#N)C#N)ccc1OC(C)C. The molecule has 1 heterocycles. The predicted molar refractivity (Wildman–Crippen MR) is 120 cm³/mol. The zero-order valence-corrected chi connectivity index (χ0v) is 19.2. The molecule has 0 saturated carbocycles. The Labute approximate surface area is 189 Å². The molecule has 1 aromatic carbocycles. The molecule has 0 aromatic heterocycles. The minimum absolute atomic E-state index is 0.0250. The summed E-state index contributed by atoms with van der Waals surface area (Å²) in [6.45, 7) is 9.37. The van der Waals surface area contributed by atoms with Crippen molar-refractivity contribution in [3.8, 4) is 29.7 Å². The highest BCUT2D eigenvalue weighted by atomic mass is 16.5. The molecule has 0 radical (unpaired) electrons. The summed E-state index contributed by atoms with van der Waals surface area (Å²) in [5.74, 6) is 0.307. The lowest BCUT2D eigenvalue weighted by molar-refractivity contribution is 0.174. The zero-order chi connectivity index (χ0) is 23.6. The molecule has 0 bridgehead atoms. The van der Waals surface area contributed by atoms with E-state index in [9.17, 15) is 15.8 Å². The Hall–Kier alpha value is -3.47. The molecule has 3 rings (SSSR count). The fraction of sp³-hybridized carbons (Fsp3) is 0.480. The van der Waals surface area contributed by atoms with Gasteiger partial charge in [0.2, 0.25) is 0 Å². The summed E-state index contributed by atoms with van der Waals surface area (Å²) in [6, 6.07) is 12.3. The van der Waals surface area contributed by atoms with Gasteiger partial charge in [-0.05, 0) is 51.0 Å². The molecule has 1 aromatic rings. The molecule has 0 saturated heterocycles. The molecule has 2 unspecified atom stereocenters. The van der Waals surface area contributed by atoms with Crippen LogP contribution < -0.4 is 15.2 Å². The predicted octanol–water partition coefficient (Wildman–Crippen LogP) is 3.62. The van der Waals surface area contributed by atoms with Crippen molar-refractivity contribution in [2.24, 2.45) is 17.1 Å². The number of ether oxygens (including phenoxy) is 2. The highest BCUT2D eigenvalue weighted by molar-refractivity contribution is 5.60. The van der Waals surface area contributed by atoms with Crippen LogP contribution in [-0.2, 0) is 0 Å². The second-order valence-electron chi connectivity index (χ2n) is 8.80. The average molecular weight is 432 g/mol. The standard InChI is InChI=1S/C25H29N5O2/c1-15(2)30-9-8-18-19(11-26)24(29)25(13-27,14-28)23(20(18)12-30)17-6-7-21(32-16(3)4)22(10-17)31-5/h6-8,10,15-16,20,23H,9,12,29H2,1-5H3. The van der Waals surface area contributed by atoms with Gasteiger partial charge in [0.1, 0.15) is 6.07 Å². The van der Waals surface area contributed by atoms with E-state index in [2.05, 4.69) is 37.0 Å². The van der Waals surface area contributed by atoms with Crippen LogP contribution in [0.5, 0.6) is 11.5 Å². The smallest absolute Gasteiger partial charge is 0.191 e.